The molecule has 2 heterocycles. The van der Waals surface area contributed by atoms with Crippen LogP contribution in [0, 0.1) is 5.92 Å². The number of rotatable bonds is 8. The Labute approximate surface area is 232 Å². The zero-order valence-corrected chi connectivity index (χ0v) is 22.7. The molecule has 0 spiro atoms. The van der Waals surface area contributed by atoms with Crippen molar-refractivity contribution < 1.29 is 28.5 Å². The van der Waals surface area contributed by atoms with Crippen molar-refractivity contribution in [1.29, 1.82) is 0 Å². The quantitative estimate of drug-likeness (QED) is 0.316. The van der Waals surface area contributed by atoms with Gasteiger partial charge in [0, 0.05) is 43.5 Å². The first kappa shape index (κ1) is 26.9. The first-order valence-electron chi connectivity index (χ1n) is 13.1. The van der Waals surface area contributed by atoms with Crippen molar-refractivity contribution in [3.05, 3.63) is 72.1 Å². The molecule has 2 amide bonds. The van der Waals surface area contributed by atoms with Crippen molar-refractivity contribution in [1.82, 2.24) is 10.2 Å². The van der Waals surface area contributed by atoms with E-state index >= 15 is 0 Å². The molecule has 5 rings (SSSR count). The van der Waals surface area contributed by atoms with Crippen LogP contribution in [-0.4, -0.2) is 63.8 Å². The standard InChI is InChI=1S/C30H32N4O6/c1-37-25-15-21(16-26(38-2)27(25)39-3)32-30(36)31-17-19-11-13-34(14-12-19)18-24-29(35)40-28(33-24)23-10-6-8-20-7-4-5-9-22(20)23/h4-10,15-16,18-19H,11-14,17H2,1-3H3,(H2,31,32,36)/b24-18+. The number of likely N-dealkylation sites (tertiary alicyclic amines) is 1. The topological polar surface area (TPSA) is 111 Å². The number of piperidine rings is 1. The zero-order valence-electron chi connectivity index (χ0n) is 22.7. The third kappa shape index (κ3) is 5.80. The van der Waals surface area contributed by atoms with Gasteiger partial charge >= 0.3 is 12.0 Å². The summed E-state index contributed by atoms with van der Waals surface area (Å²) in [6, 6.07) is 16.8. The number of esters is 1. The van der Waals surface area contributed by atoms with Crippen LogP contribution in [0.5, 0.6) is 17.2 Å². The lowest BCUT2D eigenvalue weighted by atomic mass is 9.97. The van der Waals surface area contributed by atoms with Crippen LogP contribution >= 0.6 is 0 Å². The van der Waals surface area contributed by atoms with Crippen molar-refractivity contribution >= 4 is 34.4 Å². The average molecular weight is 545 g/mol. The number of hydrogen-bond acceptors (Lipinski definition) is 8. The number of aliphatic imine (C=N–C) groups is 1. The second-order valence-corrected chi connectivity index (χ2v) is 9.58. The van der Waals surface area contributed by atoms with E-state index in [2.05, 4.69) is 20.5 Å². The fourth-order valence-corrected chi connectivity index (χ4v) is 4.95. The van der Waals surface area contributed by atoms with E-state index in [1.54, 1.807) is 18.3 Å². The van der Waals surface area contributed by atoms with Gasteiger partial charge in [0.2, 0.25) is 11.6 Å². The number of hydrogen-bond donors (Lipinski definition) is 2. The molecule has 2 aliphatic rings. The third-order valence-corrected chi connectivity index (χ3v) is 7.07. The van der Waals surface area contributed by atoms with Crippen LogP contribution in [0.4, 0.5) is 10.5 Å². The summed E-state index contributed by atoms with van der Waals surface area (Å²) in [4.78, 5) is 31.7. The van der Waals surface area contributed by atoms with Crippen molar-refractivity contribution in [2.75, 3.05) is 46.3 Å². The molecule has 3 aromatic carbocycles. The van der Waals surface area contributed by atoms with Crippen LogP contribution in [0.15, 0.2) is 71.5 Å². The molecule has 0 unspecified atom stereocenters. The van der Waals surface area contributed by atoms with Gasteiger partial charge in [0.1, 0.15) is 0 Å². The Bertz CT molecular complexity index is 1450. The lowest BCUT2D eigenvalue weighted by molar-refractivity contribution is -0.130. The summed E-state index contributed by atoms with van der Waals surface area (Å²) >= 11 is 0. The van der Waals surface area contributed by atoms with Gasteiger partial charge in [0.15, 0.2) is 17.2 Å². The lowest BCUT2D eigenvalue weighted by Gasteiger charge is -2.31. The largest absolute Gasteiger partial charge is 0.493 e. The number of cyclic esters (lactones) is 1. The van der Waals surface area contributed by atoms with Crippen molar-refractivity contribution in [3.8, 4) is 17.2 Å². The number of anilines is 1. The number of nitrogens with one attached hydrogen (secondary N) is 2. The number of methoxy groups -OCH3 is 3. The average Bonchev–Trinajstić information content (AvgIpc) is 3.35. The fourth-order valence-electron chi connectivity index (χ4n) is 4.95. The van der Waals surface area contributed by atoms with E-state index < -0.39 is 5.97 Å². The smallest absolute Gasteiger partial charge is 0.365 e. The maximum Gasteiger partial charge on any atom is 0.365 e. The van der Waals surface area contributed by atoms with Crippen LogP contribution in [0.3, 0.4) is 0 Å². The summed E-state index contributed by atoms with van der Waals surface area (Å²) in [6.07, 6.45) is 3.51. The Morgan fingerprint density at radius 1 is 1.02 bits per heavy atom. The summed E-state index contributed by atoms with van der Waals surface area (Å²) in [7, 11) is 4.57. The molecule has 1 saturated heterocycles. The lowest BCUT2D eigenvalue weighted by Crippen LogP contribution is -2.38. The second-order valence-electron chi connectivity index (χ2n) is 9.58. The first-order chi connectivity index (χ1) is 19.5. The molecule has 40 heavy (non-hydrogen) atoms. The van der Waals surface area contributed by atoms with Crippen LogP contribution in [-0.2, 0) is 9.53 Å². The summed E-state index contributed by atoms with van der Waals surface area (Å²) in [5, 5.41) is 7.81. The van der Waals surface area contributed by atoms with E-state index in [0.717, 1.165) is 42.3 Å². The number of amides is 2. The predicted octanol–water partition coefficient (Wildman–Crippen LogP) is 4.54. The molecule has 2 aliphatic heterocycles. The molecule has 10 heteroatoms. The maximum absolute atomic E-state index is 12.6. The molecule has 0 saturated carbocycles. The van der Waals surface area contributed by atoms with E-state index in [9.17, 15) is 9.59 Å². The van der Waals surface area contributed by atoms with Crippen molar-refractivity contribution in [3.63, 3.8) is 0 Å². The number of nitrogens with zero attached hydrogens (tertiary/aromatic N) is 2. The SMILES string of the molecule is COc1cc(NC(=O)NCC2CCN(/C=C3/N=C(c4cccc5ccccc45)OC3=O)CC2)cc(OC)c1OC. The predicted molar refractivity (Wildman–Crippen MR) is 152 cm³/mol. The molecule has 0 atom stereocenters. The molecule has 3 aromatic rings. The minimum Gasteiger partial charge on any atom is -0.493 e. The minimum atomic E-state index is -0.449. The van der Waals surface area contributed by atoms with Gasteiger partial charge in [-0.15, -0.1) is 0 Å². The second kappa shape index (κ2) is 12.0. The molecule has 1 fully saturated rings. The highest BCUT2D eigenvalue weighted by molar-refractivity contribution is 6.16. The Kier molecular flexibility index (Phi) is 8.04. The highest BCUT2D eigenvalue weighted by Gasteiger charge is 2.27. The minimum absolute atomic E-state index is 0.296. The molecule has 0 radical (unpaired) electrons. The molecule has 0 aromatic heterocycles. The summed E-state index contributed by atoms with van der Waals surface area (Å²) in [5.41, 5.74) is 1.62. The molecule has 2 N–H and O–H groups in total. The van der Waals surface area contributed by atoms with Gasteiger partial charge < -0.3 is 34.5 Å². The highest BCUT2D eigenvalue weighted by Crippen LogP contribution is 2.40. The zero-order chi connectivity index (χ0) is 28.1. The van der Waals surface area contributed by atoms with Gasteiger partial charge in [-0.25, -0.2) is 14.6 Å². The molecule has 0 bridgehead atoms. The fraction of sp³-hybridized carbons (Fsp3) is 0.300. The Hall–Kier alpha value is -4.73. The van der Waals surface area contributed by atoms with E-state index in [-0.39, 0.29) is 6.03 Å². The third-order valence-electron chi connectivity index (χ3n) is 7.07. The number of ether oxygens (including phenoxy) is 4. The van der Waals surface area contributed by atoms with Crippen LogP contribution in [0.25, 0.3) is 10.8 Å². The molecular formula is C30H32N4O6. The highest BCUT2D eigenvalue weighted by atomic mass is 16.6. The normalized spacial score (nSPS) is 16.5. The Morgan fingerprint density at radius 3 is 2.42 bits per heavy atom. The molecule has 10 nitrogen and oxygen atoms in total. The number of urea groups is 1. The summed E-state index contributed by atoms with van der Waals surface area (Å²) in [5.74, 6) is 1.56. The monoisotopic (exact) mass is 544 g/mol. The van der Waals surface area contributed by atoms with Gasteiger partial charge in [0.05, 0.1) is 27.0 Å². The van der Waals surface area contributed by atoms with E-state index in [1.165, 1.54) is 21.3 Å². The number of fused-ring (bicyclic) bond motifs is 1. The molecular weight excluding hydrogens is 512 g/mol. The maximum atomic E-state index is 12.6. The van der Waals surface area contributed by atoms with Crippen LogP contribution in [0.2, 0.25) is 0 Å². The Morgan fingerprint density at radius 2 is 1.73 bits per heavy atom. The van der Waals surface area contributed by atoms with Gasteiger partial charge in [-0.3, -0.25) is 0 Å². The van der Waals surface area contributed by atoms with Crippen molar-refractivity contribution in [2.45, 2.75) is 12.8 Å². The molecule has 208 valence electrons. The van der Waals surface area contributed by atoms with Gasteiger partial charge in [-0.1, -0.05) is 36.4 Å². The van der Waals surface area contributed by atoms with E-state index in [0.29, 0.717) is 47.0 Å². The van der Waals surface area contributed by atoms with Gasteiger partial charge in [-0.2, -0.15) is 0 Å². The van der Waals surface area contributed by atoms with Crippen molar-refractivity contribution in [2.24, 2.45) is 10.9 Å². The Balaban J connectivity index is 1.14. The molecule has 0 aliphatic carbocycles. The summed E-state index contributed by atoms with van der Waals surface area (Å²) < 4.78 is 21.5. The number of benzene rings is 3. The van der Waals surface area contributed by atoms with Gasteiger partial charge in [-0.05, 0) is 35.6 Å². The van der Waals surface area contributed by atoms with Crippen LogP contribution in [0.1, 0.15) is 18.4 Å². The first-order valence-corrected chi connectivity index (χ1v) is 13.1. The number of carbonyl (C=O) groups excluding carboxylic acids is 2. The van der Waals surface area contributed by atoms with Gasteiger partial charge in [0.25, 0.3) is 0 Å². The van der Waals surface area contributed by atoms with E-state index in [1.807, 2.05) is 42.5 Å². The van der Waals surface area contributed by atoms with Crippen LogP contribution < -0.4 is 24.8 Å². The van der Waals surface area contributed by atoms with E-state index in [4.69, 9.17) is 18.9 Å². The summed E-state index contributed by atoms with van der Waals surface area (Å²) in [6.45, 7) is 2.03. The number of carbonyl (C=O) groups is 2.